The molecule has 0 aromatic heterocycles. The molecular formula is C26H21ClN2O4S. The lowest BCUT2D eigenvalue weighted by Crippen LogP contribution is -2.50. The molecule has 0 bridgehead atoms. The van der Waals surface area contributed by atoms with Gasteiger partial charge in [0.2, 0.25) is 0 Å². The fraction of sp³-hybridized carbons (Fsp3) is 0.115. The van der Waals surface area contributed by atoms with E-state index in [2.05, 4.69) is 5.32 Å². The minimum absolute atomic E-state index is 0.123. The maximum atomic E-state index is 13.5. The van der Waals surface area contributed by atoms with Crippen LogP contribution in [0.15, 0.2) is 95.9 Å². The maximum absolute atomic E-state index is 13.5. The van der Waals surface area contributed by atoms with Gasteiger partial charge in [0.1, 0.15) is 5.75 Å². The van der Waals surface area contributed by atoms with E-state index < -0.39 is 22.0 Å². The van der Waals surface area contributed by atoms with Crippen LogP contribution in [0.3, 0.4) is 0 Å². The van der Waals surface area contributed by atoms with Crippen LogP contribution in [0.25, 0.3) is 10.8 Å². The third-order valence-electron chi connectivity index (χ3n) is 5.75. The number of fused-ring (bicyclic) bond motifs is 2. The predicted molar refractivity (Wildman–Crippen MR) is 133 cm³/mol. The molecule has 0 radical (unpaired) electrons. The highest BCUT2D eigenvalue weighted by atomic mass is 35.5. The highest BCUT2D eigenvalue weighted by Gasteiger charge is 2.37. The number of carbonyl (C=O) groups excluding carboxylic acids is 1. The van der Waals surface area contributed by atoms with Crippen molar-refractivity contribution in [2.75, 3.05) is 10.8 Å². The third kappa shape index (κ3) is 4.20. The van der Waals surface area contributed by atoms with Gasteiger partial charge in [-0.1, -0.05) is 72.3 Å². The molecule has 0 saturated heterocycles. The molecule has 5 rings (SSSR count). The number of rotatable bonds is 5. The average molecular weight is 493 g/mol. The number of hydrogen-bond acceptors (Lipinski definition) is 4. The summed E-state index contributed by atoms with van der Waals surface area (Å²) < 4.78 is 34.0. The van der Waals surface area contributed by atoms with Crippen LogP contribution in [0.5, 0.6) is 5.75 Å². The molecule has 1 heterocycles. The molecule has 4 aromatic carbocycles. The number of amides is 1. The molecule has 1 atom stereocenters. The van der Waals surface area contributed by atoms with Gasteiger partial charge in [0, 0.05) is 11.6 Å². The van der Waals surface area contributed by atoms with E-state index in [1.807, 2.05) is 42.5 Å². The number of anilines is 1. The molecular weight excluding hydrogens is 472 g/mol. The van der Waals surface area contributed by atoms with Crippen molar-refractivity contribution in [3.05, 3.63) is 102 Å². The van der Waals surface area contributed by atoms with Crippen molar-refractivity contribution >= 4 is 44.0 Å². The number of carbonyl (C=O) groups is 1. The first-order valence-electron chi connectivity index (χ1n) is 10.7. The van der Waals surface area contributed by atoms with Gasteiger partial charge in [0.05, 0.1) is 17.1 Å². The van der Waals surface area contributed by atoms with Crippen LogP contribution >= 0.6 is 11.6 Å². The van der Waals surface area contributed by atoms with Crippen molar-refractivity contribution in [2.24, 2.45) is 0 Å². The van der Waals surface area contributed by atoms with Gasteiger partial charge in [0.25, 0.3) is 15.9 Å². The normalized spacial score (nSPS) is 15.4. The average Bonchev–Trinajstić information content (AvgIpc) is 2.87. The molecule has 0 unspecified atom stereocenters. The summed E-state index contributed by atoms with van der Waals surface area (Å²) in [5, 5.41) is 5.40. The van der Waals surface area contributed by atoms with E-state index >= 15 is 0 Å². The van der Waals surface area contributed by atoms with Gasteiger partial charge in [-0.25, -0.2) is 8.42 Å². The molecule has 0 fully saturated rings. The molecule has 6 nitrogen and oxygen atoms in total. The molecule has 1 N–H and O–H groups in total. The van der Waals surface area contributed by atoms with E-state index in [4.69, 9.17) is 16.3 Å². The molecule has 0 aliphatic carbocycles. The molecule has 34 heavy (non-hydrogen) atoms. The fourth-order valence-electron chi connectivity index (χ4n) is 4.05. The Labute approximate surface area is 202 Å². The fourth-order valence-corrected chi connectivity index (χ4v) is 5.71. The Morgan fingerprint density at radius 3 is 2.53 bits per heavy atom. The highest BCUT2D eigenvalue weighted by Crippen LogP contribution is 2.38. The largest absolute Gasteiger partial charge is 0.476 e. The van der Waals surface area contributed by atoms with Gasteiger partial charge < -0.3 is 10.1 Å². The number of sulfonamides is 1. The van der Waals surface area contributed by atoms with Crippen molar-refractivity contribution in [2.45, 2.75) is 17.5 Å². The Morgan fingerprint density at radius 1 is 0.971 bits per heavy atom. The Kier molecular flexibility index (Phi) is 5.89. The van der Waals surface area contributed by atoms with Gasteiger partial charge in [-0.3, -0.25) is 9.10 Å². The summed E-state index contributed by atoms with van der Waals surface area (Å²) in [6, 6.07) is 26.6. The van der Waals surface area contributed by atoms with Crippen LogP contribution in [-0.4, -0.2) is 27.0 Å². The van der Waals surface area contributed by atoms with Gasteiger partial charge in [0.15, 0.2) is 6.10 Å². The van der Waals surface area contributed by atoms with Crippen LogP contribution in [0.2, 0.25) is 5.02 Å². The minimum Gasteiger partial charge on any atom is -0.476 e. The number of ether oxygens (including phenoxy) is 1. The lowest BCUT2D eigenvalue weighted by molar-refractivity contribution is -0.127. The summed E-state index contributed by atoms with van der Waals surface area (Å²) in [7, 11) is -3.94. The van der Waals surface area contributed by atoms with Gasteiger partial charge in [-0.2, -0.15) is 0 Å². The predicted octanol–water partition coefficient (Wildman–Crippen LogP) is 4.77. The van der Waals surface area contributed by atoms with Crippen LogP contribution in [-0.2, 0) is 21.4 Å². The quantitative estimate of drug-likeness (QED) is 0.435. The summed E-state index contributed by atoms with van der Waals surface area (Å²) in [4.78, 5) is 13.2. The number of benzene rings is 4. The summed E-state index contributed by atoms with van der Waals surface area (Å²) in [6.45, 7) is 0.116. The first kappa shape index (κ1) is 22.3. The Hall–Kier alpha value is -3.55. The van der Waals surface area contributed by atoms with Crippen molar-refractivity contribution < 1.29 is 17.9 Å². The van der Waals surface area contributed by atoms with E-state index in [1.54, 1.807) is 30.3 Å². The standard InChI is InChI=1S/C26H21ClN2O4S/c27-20-13-14-24-23(15-20)29(34(31,32)21-10-2-1-3-11-21)17-25(33-24)26(30)28-16-19-9-6-8-18-7-4-5-12-22(18)19/h1-15,25H,16-17H2,(H,28,30)/t25-/m0/s1. The lowest BCUT2D eigenvalue weighted by Gasteiger charge is -2.35. The van der Waals surface area contributed by atoms with E-state index in [9.17, 15) is 13.2 Å². The van der Waals surface area contributed by atoms with Gasteiger partial charge in [-0.15, -0.1) is 0 Å². The van der Waals surface area contributed by atoms with Crippen molar-refractivity contribution in [3.8, 4) is 5.75 Å². The van der Waals surface area contributed by atoms with Crippen molar-refractivity contribution in [1.82, 2.24) is 5.32 Å². The molecule has 1 aliphatic rings. The molecule has 0 spiro atoms. The maximum Gasteiger partial charge on any atom is 0.264 e. The third-order valence-corrected chi connectivity index (χ3v) is 7.78. The summed E-state index contributed by atoms with van der Waals surface area (Å²) in [5.41, 5.74) is 1.26. The Morgan fingerprint density at radius 2 is 1.71 bits per heavy atom. The molecule has 172 valence electrons. The van der Waals surface area contributed by atoms with E-state index in [-0.39, 0.29) is 17.2 Å². The second-order valence-corrected chi connectivity index (χ2v) is 10.2. The van der Waals surface area contributed by atoms with Crippen LogP contribution in [0, 0.1) is 0 Å². The zero-order chi connectivity index (χ0) is 23.7. The highest BCUT2D eigenvalue weighted by molar-refractivity contribution is 7.92. The summed E-state index contributed by atoms with van der Waals surface area (Å²) in [6.07, 6.45) is -1.03. The number of halogens is 1. The van der Waals surface area contributed by atoms with E-state index in [1.165, 1.54) is 22.5 Å². The first-order chi connectivity index (χ1) is 16.4. The minimum atomic E-state index is -3.94. The van der Waals surface area contributed by atoms with Crippen molar-refractivity contribution in [3.63, 3.8) is 0 Å². The monoisotopic (exact) mass is 492 g/mol. The van der Waals surface area contributed by atoms with Gasteiger partial charge >= 0.3 is 0 Å². The Balaban J connectivity index is 1.42. The number of nitrogens with zero attached hydrogens (tertiary/aromatic N) is 1. The molecule has 0 saturated carbocycles. The summed E-state index contributed by atoms with van der Waals surface area (Å²) in [5.74, 6) is -0.123. The SMILES string of the molecule is O=C(NCc1cccc2ccccc12)[C@@H]1CN(S(=O)(=O)c2ccccc2)c2cc(Cl)ccc2O1. The smallest absolute Gasteiger partial charge is 0.264 e. The van der Waals surface area contributed by atoms with E-state index in [0.717, 1.165) is 16.3 Å². The second kappa shape index (κ2) is 9.00. The molecule has 1 amide bonds. The van der Waals surface area contributed by atoms with E-state index in [0.29, 0.717) is 17.3 Å². The number of hydrogen-bond donors (Lipinski definition) is 1. The van der Waals surface area contributed by atoms with Crippen LogP contribution in [0.4, 0.5) is 5.69 Å². The van der Waals surface area contributed by atoms with Crippen LogP contribution in [0.1, 0.15) is 5.56 Å². The topological polar surface area (TPSA) is 75.7 Å². The summed E-state index contributed by atoms with van der Waals surface area (Å²) >= 11 is 6.15. The molecule has 4 aromatic rings. The second-order valence-electron chi connectivity index (χ2n) is 7.92. The lowest BCUT2D eigenvalue weighted by atomic mass is 10.0. The zero-order valence-electron chi connectivity index (χ0n) is 18.0. The van der Waals surface area contributed by atoms with Crippen LogP contribution < -0.4 is 14.4 Å². The zero-order valence-corrected chi connectivity index (χ0v) is 19.6. The molecule has 8 heteroatoms. The molecule has 1 aliphatic heterocycles. The van der Waals surface area contributed by atoms with Crippen molar-refractivity contribution in [1.29, 1.82) is 0 Å². The van der Waals surface area contributed by atoms with Gasteiger partial charge in [-0.05, 0) is 46.7 Å². The number of nitrogens with one attached hydrogen (secondary N) is 1. The Bertz CT molecular complexity index is 1470. The first-order valence-corrected chi connectivity index (χ1v) is 12.5.